The molecular weight excluding hydrogens is 299 g/mol. The molecule has 4 nitrogen and oxygen atoms in total. The van der Waals surface area contributed by atoms with Crippen LogP contribution in [-0.2, 0) is 14.3 Å². The molecule has 0 aliphatic heterocycles. The van der Waals surface area contributed by atoms with Gasteiger partial charge in [-0.15, -0.1) is 0 Å². The fourth-order valence-corrected chi connectivity index (χ4v) is 2.74. The molecular formula is C15H32NaO4S. The second-order valence-corrected chi connectivity index (χ2v) is 7.52. The van der Waals surface area contributed by atoms with E-state index in [0.717, 1.165) is 19.3 Å². The first-order valence-electron chi connectivity index (χ1n) is 8.03. The minimum Gasteiger partial charge on any atom is -0.395 e. The normalized spacial score (nSPS) is 12.9. The van der Waals surface area contributed by atoms with Gasteiger partial charge in [-0.2, -0.15) is 8.42 Å². The summed E-state index contributed by atoms with van der Waals surface area (Å²) >= 11 is 0. The first-order valence-corrected chi connectivity index (χ1v) is 9.50. The molecule has 0 aromatic heterocycles. The van der Waals surface area contributed by atoms with Gasteiger partial charge in [0.2, 0.25) is 0 Å². The van der Waals surface area contributed by atoms with Gasteiger partial charge in [0.1, 0.15) is 5.25 Å². The molecule has 1 radical (unpaired) electrons. The van der Waals surface area contributed by atoms with E-state index in [1.165, 1.54) is 51.9 Å². The molecule has 0 aliphatic carbocycles. The monoisotopic (exact) mass is 331 g/mol. The average molecular weight is 331 g/mol. The summed E-state index contributed by atoms with van der Waals surface area (Å²) in [5.41, 5.74) is 0. The van der Waals surface area contributed by atoms with E-state index in [2.05, 4.69) is 6.92 Å². The molecule has 1 N–H and O–H groups in total. The maximum atomic E-state index is 11.4. The van der Waals surface area contributed by atoms with Crippen LogP contribution in [0.25, 0.3) is 0 Å². The van der Waals surface area contributed by atoms with Crippen LogP contribution in [0.15, 0.2) is 0 Å². The quantitative estimate of drug-likeness (QED) is 0.301. The van der Waals surface area contributed by atoms with E-state index in [-0.39, 0.29) is 42.8 Å². The molecule has 6 heteroatoms. The van der Waals surface area contributed by atoms with Crippen LogP contribution in [0.3, 0.4) is 0 Å². The number of aliphatic hydroxyl groups excluding tert-OH is 1. The standard InChI is InChI=1S/C15H32O4S.Na/c1-3-4-5-6-7-8-9-10-11-12-13-19-20(17,18)15(2)14-16;/h15-16H,3-14H2,1-2H3;. The number of aliphatic hydroxyl groups is 1. The van der Waals surface area contributed by atoms with Crippen molar-refractivity contribution in [1.82, 2.24) is 0 Å². The van der Waals surface area contributed by atoms with Gasteiger partial charge in [0, 0.05) is 29.6 Å². The second kappa shape index (κ2) is 15.8. The molecule has 21 heavy (non-hydrogen) atoms. The summed E-state index contributed by atoms with van der Waals surface area (Å²) in [6, 6.07) is 0. The molecule has 0 amide bonds. The number of unbranched alkanes of at least 4 members (excludes halogenated alkanes) is 9. The van der Waals surface area contributed by atoms with Gasteiger partial charge in [0.25, 0.3) is 10.1 Å². The van der Waals surface area contributed by atoms with Gasteiger partial charge >= 0.3 is 0 Å². The third-order valence-corrected chi connectivity index (χ3v) is 5.13. The minimum absolute atomic E-state index is 0. The molecule has 0 aliphatic rings. The van der Waals surface area contributed by atoms with Crippen LogP contribution in [0.1, 0.15) is 78.1 Å². The first kappa shape index (κ1) is 24.1. The van der Waals surface area contributed by atoms with Crippen LogP contribution in [0.5, 0.6) is 0 Å². The summed E-state index contributed by atoms with van der Waals surface area (Å²) in [5.74, 6) is 0. The van der Waals surface area contributed by atoms with Gasteiger partial charge < -0.3 is 5.11 Å². The Kier molecular flexibility index (Phi) is 18.1. The summed E-state index contributed by atoms with van der Waals surface area (Å²) in [4.78, 5) is 0. The molecule has 1 unspecified atom stereocenters. The number of hydrogen-bond acceptors (Lipinski definition) is 4. The molecule has 0 fully saturated rings. The second-order valence-electron chi connectivity index (χ2n) is 5.49. The Labute approximate surface area is 153 Å². The zero-order valence-corrected chi connectivity index (χ0v) is 17.0. The SMILES string of the molecule is CCCCCCCCCCCCOS(=O)(=O)C(C)CO.[Na]. The maximum Gasteiger partial charge on any atom is 0.272 e. The van der Waals surface area contributed by atoms with Gasteiger partial charge in [-0.05, 0) is 13.3 Å². The van der Waals surface area contributed by atoms with Gasteiger partial charge in [-0.1, -0.05) is 64.7 Å². The van der Waals surface area contributed by atoms with Crippen LogP contribution in [0, 0.1) is 0 Å². The van der Waals surface area contributed by atoms with Crippen molar-refractivity contribution in [2.45, 2.75) is 83.3 Å². The summed E-state index contributed by atoms with van der Waals surface area (Å²) in [6.07, 6.45) is 12.1. The van der Waals surface area contributed by atoms with E-state index in [1.807, 2.05) is 0 Å². The Morgan fingerprint density at radius 2 is 1.33 bits per heavy atom. The van der Waals surface area contributed by atoms with Crippen molar-refractivity contribution in [1.29, 1.82) is 0 Å². The van der Waals surface area contributed by atoms with Crippen LogP contribution in [0.2, 0.25) is 0 Å². The predicted octanol–water partition coefficient (Wildman–Crippen LogP) is 3.25. The van der Waals surface area contributed by atoms with Gasteiger partial charge in [0.05, 0.1) is 13.2 Å². The summed E-state index contributed by atoms with van der Waals surface area (Å²) in [7, 11) is -3.57. The predicted molar refractivity (Wildman–Crippen MR) is 89.0 cm³/mol. The average Bonchev–Trinajstić information content (AvgIpc) is 2.43. The molecule has 123 valence electrons. The first-order chi connectivity index (χ1) is 9.54. The van der Waals surface area contributed by atoms with E-state index in [4.69, 9.17) is 9.29 Å². The third kappa shape index (κ3) is 14.2. The molecule has 0 heterocycles. The van der Waals surface area contributed by atoms with Crippen LogP contribution in [-0.4, -0.2) is 61.5 Å². The Balaban J connectivity index is 0. The van der Waals surface area contributed by atoms with Crippen molar-refractivity contribution in [3.8, 4) is 0 Å². The fraction of sp³-hybridized carbons (Fsp3) is 1.00. The van der Waals surface area contributed by atoms with E-state index >= 15 is 0 Å². The zero-order valence-electron chi connectivity index (χ0n) is 14.1. The molecule has 0 aromatic rings. The van der Waals surface area contributed by atoms with Crippen molar-refractivity contribution in [2.24, 2.45) is 0 Å². The van der Waals surface area contributed by atoms with Crippen LogP contribution < -0.4 is 0 Å². The van der Waals surface area contributed by atoms with Crippen LogP contribution in [0.4, 0.5) is 0 Å². The van der Waals surface area contributed by atoms with Crippen molar-refractivity contribution >= 4 is 39.7 Å². The van der Waals surface area contributed by atoms with Crippen molar-refractivity contribution in [2.75, 3.05) is 13.2 Å². The number of rotatable bonds is 14. The summed E-state index contributed by atoms with van der Waals surface area (Å²) in [6.45, 7) is 3.53. The molecule has 0 bridgehead atoms. The smallest absolute Gasteiger partial charge is 0.272 e. The topological polar surface area (TPSA) is 63.6 Å². The molecule has 1 atom stereocenters. The van der Waals surface area contributed by atoms with Crippen molar-refractivity contribution < 1.29 is 17.7 Å². The molecule has 0 saturated carbocycles. The Bertz CT molecular complexity index is 307. The minimum atomic E-state index is -3.57. The van der Waals surface area contributed by atoms with Gasteiger partial charge in [0.15, 0.2) is 0 Å². The fourth-order valence-electron chi connectivity index (χ4n) is 1.97. The molecule has 0 rings (SSSR count). The third-order valence-electron chi connectivity index (χ3n) is 3.50. The van der Waals surface area contributed by atoms with Crippen molar-refractivity contribution in [3.05, 3.63) is 0 Å². The van der Waals surface area contributed by atoms with Gasteiger partial charge in [-0.25, -0.2) is 0 Å². The number of hydrogen-bond donors (Lipinski definition) is 1. The Morgan fingerprint density at radius 1 is 0.905 bits per heavy atom. The van der Waals surface area contributed by atoms with E-state index in [0.29, 0.717) is 0 Å². The van der Waals surface area contributed by atoms with Gasteiger partial charge in [-0.3, -0.25) is 4.18 Å². The van der Waals surface area contributed by atoms with Crippen molar-refractivity contribution in [3.63, 3.8) is 0 Å². The summed E-state index contributed by atoms with van der Waals surface area (Å²) in [5, 5.41) is 7.96. The Hall–Kier alpha value is 0.870. The van der Waals surface area contributed by atoms with E-state index in [9.17, 15) is 8.42 Å². The van der Waals surface area contributed by atoms with E-state index < -0.39 is 15.4 Å². The largest absolute Gasteiger partial charge is 0.395 e. The maximum absolute atomic E-state index is 11.4. The molecule has 0 saturated heterocycles. The Morgan fingerprint density at radius 3 is 1.76 bits per heavy atom. The summed E-state index contributed by atoms with van der Waals surface area (Å²) < 4.78 is 27.7. The molecule has 0 spiro atoms. The van der Waals surface area contributed by atoms with E-state index in [1.54, 1.807) is 0 Å². The van der Waals surface area contributed by atoms with Crippen LogP contribution >= 0.6 is 0 Å². The molecule has 0 aromatic carbocycles. The zero-order chi connectivity index (χ0) is 15.3.